The van der Waals surface area contributed by atoms with Gasteiger partial charge < -0.3 is 14.8 Å². The van der Waals surface area contributed by atoms with Gasteiger partial charge in [0.15, 0.2) is 11.5 Å². The molecule has 1 heterocycles. The molecule has 0 saturated heterocycles. The highest BCUT2D eigenvalue weighted by Crippen LogP contribution is 2.44. The van der Waals surface area contributed by atoms with E-state index >= 15 is 0 Å². The standard InChI is InChI=1S/C22H18F3N3O4S/c1-13-3-7-17(8-4-13)33(29,30)28-27-14(2)15-5-10-20-19(11-15)26-18-9-6-16(12-21(18)31-20)32-22(23,24)25/h3-12,26,28H,1-2H3/b27-14+. The van der Waals surface area contributed by atoms with Crippen LogP contribution in [0.4, 0.5) is 24.5 Å². The number of anilines is 2. The molecule has 11 heteroatoms. The molecule has 0 bridgehead atoms. The third-order valence-electron chi connectivity index (χ3n) is 4.74. The molecule has 2 N–H and O–H groups in total. The fourth-order valence-electron chi connectivity index (χ4n) is 3.06. The molecule has 1 aliphatic rings. The van der Waals surface area contributed by atoms with Crippen molar-refractivity contribution in [3.05, 3.63) is 71.8 Å². The summed E-state index contributed by atoms with van der Waals surface area (Å²) in [5.74, 6) is 0.156. The summed E-state index contributed by atoms with van der Waals surface area (Å²) in [5.41, 5.74) is 2.93. The Morgan fingerprint density at radius 2 is 1.73 bits per heavy atom. The van der Waals surface area contributed by atoms with Crippen molar-refractivity contribution >= 4 is 27.1 Å². The minimum atomic E-state index is -4.80. The van der Waals surface area contributed by atoms with Gasteiger partial charge in [-0.1, -0.05) is 17.7 Å². The number of fused-ring (bicyclic) bond motifs is 2. The number of alkyl halides is 3. The van der Waals surface area contributed by atoms with Crippen LogP contribution in [0.15, 0.2) is 70.7 Å². The van der Waals surface area contributed by atoms with Gasteiger partial charge in [-0.2, -0.15) is 18.4 Å². The first kappa shape index (κ1) is 22.5. The smallest absolute Gasteiger partial charge is 0.453 e. The maximum absolute atomic E-state index is 12.4. The fraction of sp³-hybridized carbons (Fsp3) is 0.136. The van der Waals surface area contributed by atoms with Gasteiger partial charge >= 0.3 is 6.36 Å². The summed E-state index contributed by atoms with van der Waals surface area (Å²) in [5, 5.41) is 7.06. The molecular weight excluding hydrogens is 459 g/mol. The maximum Gasteiger partial charge on any atom is 0.573 e. The van der Waals surface area contributed by atoms with Crippen LogP contribution in [-0.2, 0) is 10.0 Å². The number of hydrazone groups is 1. The second-order valence-electron chi connectivity index (χ2n) is 7.25. The molecule has 0 spiro atoms. The Morgan fingerprint density at radius 3 is 2.42 bits per heavy atom. The van der Waals surface area contributed by atoms with E-state index in [4.69, 9.17) is 4.74 Å². The average Bonchev–Trinajstić information content (AvgIpc) is 2.75. The lowest BCUT2D eigenvalue weighted by atomic mass is 10.1. The molecule has 3 aromatic carbocycles. The second kappa shape index (κ2) is 8.32. The number of aryl methyl sites for hydroxylation is 1. The van der Waals surface area contributed by atoms with E-state index in [1.165, 1.54) is 24.3 Å². The molecule has 0 amide bonds. The van der Waals surface area contributed by atoms with Crippen LogP contribution in [0.2, 0.25) is 0 Å². The quantitative estimate of drug-likeness (QED) is 0.295. The predicted molar refractivity (Wildman–Crippen MR) is 117 cm³/mol. The number of nitrogens with zero attached hydrogens (tertiary/aromatic N) is 1. The summed E-state index contributed by atoms with van der Waals surface area (Å²) >= 11 is 0. The number of benzene rings is 3. The Kier molecular flexibility index (Phi) is 5.66. The summed E-state index contributed by atoms with van der Waals surface area (Å²) in [7, 11) is -3.82. The Balaban J connectivity index is 1.52. The van der Waals surface area contributed by atoms with Gasteiger partial charge in [-0.05, 0) is 61.9 Å². The molecule has 1 aliphatic heterocycles. The second-order valence-corrected chi connectivity index (χ2v) is 8.91. The van der Waals surface area contributed by atoms with Crippen molar-refractivity contribution in [2.75, 3.05) is 5.32 Å². The number of hydrogen-bond acceptors (Lipinski definition) is 6. The normalized spacial score (nSPS) is 13.3. The van der Waals surface area contributed by atoms with Crippen molar-refractivity contribution in [1.29, 1.82) is 0 Å². The molecule has 0 radical (unpaired) electrons. The van der Waals surface area contributed by atoms with Crippen LogP contribution in [0.5, 0.6) is 17.2 Å². The highest BCUT2D eigenvalue weighted by Gasteiger charge is 2.31. The highest BCUT2D eigenvalue weighted by molar-refractivity contribution is 7.89. The average molecular weight is 477 g/mol. The van der Waals surface area contributed by atoms with E-state index in [0.717, 1.165) is 11.6 Å². The van der Waals surface area contributed by atoms with Crippen LogP contribution in [0.1, 0.15) is 18.1 Å². The number of sulfonamides is 1. The van der Waals surface area contributed by atoms with E-state index in [-0.39, 0.29) is 10.6 Å². The molecule has 0 fully saturated rings. The monoisotopic (exact) mass is 477 g/mol. The van der Waals surface area contributed by atoms with Gasteiger partial charge in [-0.3, -0.25) is 0 Å². The van der Waals surface area contributed by atoms with E-state index in [2.05, 4.69) is 20.0 Å². The predicted octanol–water partition coefficient (Wildman–Crippen LogP) is 5.45. The summed E-state index contributed by atoms with van der Waals surface area (Å²) in [6.45, 7) is 3.49. The third kappa shape index (κ3) is 5.20. The SMILES string of the molecule is C/C(=N\NS(=O)(=O)c1ccc(C)cc1)c1ccc2c(c1)Nc1ccc(OC(F)(F)F)cc1O2. The molecule has 3 aromatic rings. The molecule has 7 nitrogen and oxygen atoms in total. The van der Waals surface area contributed by atoms with Gasteiger partial charge in [0.05, 0.1) is 22.0 Å². The van der Waals surface area contributed by atoms with E-state index in [9.17, 15) is 21.6 Å². The summed E-state index contributed by atoms with van der Waals surface area (Å²) in [6.07, 6.45) is -4.80. The Bertz CT molecular complexity index is 1340. The first-order valence-electron chi connectivity index (χ1n) is 9.62. The lowest BCUT2D eigenvalue weighted by Gasteiger charge is -2.23. The summed E-state index contributed by atoms with van der Waals surface area (Å²) in [6, 6.07) is 15.0. The van der Waals surface area contributed by atoms with Gasteiger partial charge in [-0.25, -0.2) is 0 Å². The first-order valence-corrected chi connectivity index (χ1v) is 11.1. The molecule has 0 atom stereocenters. The summed E-state index contributed by atoms with van der Waals surface area (Å²) in [4.78, 5) is 2.31. The van der Waals surface area contributed by atoms with Crippen molar-refractivity contribution < 1.29 is 31.1 Å². The van der Waals surface area contributed by atoms with Gasteiger partial charge in [-0.15, -0.1) is 13.2 Å². The molecule has 0 unspecified atom stereocenters. The van der Waals surface area contributed by atoms with Gasteiger partial charge in [0.1, 0.15) is 5.75 Å². The molecule has 33 heavy (non-hydrogen) atoms. The van der Waals surface area contributed by atoms with Crippen LogP contribution >= 0.6 is 0 Å². The van der Waals surface area contributed by atoms with Crippen molar-refractivity contribution in [3.8, 4) is 17.2 Å². The van der Waals surface area contributed by atoms with Crippen molar-refractivity contribution in [2.24, 2.45) is 5.10 Å². The van der Waals surface area contributed by atoms with Crippen LogP contribution in [-0.4, -0.2) is 20.5 Å². The van der Waals surface area contributed by atoms with E-state index in [1.54, 1.807) is 37.3 Å². The number of rotatable bonds is 5. The van der Waals surface area contributed by atoms with Crippen molar-refractivity contribution in [1.82, 2.24) is 4.83 Å². The maximum atomic E-state index is 12.4. The van der Waals surface area contributed by atoms with Crippen molar-refractivity contribution in [2.45, 2.75) is 25.1 Å². The van der Waals surface area contributed by atoms with Crippen LogP contribution in [0.25, 0.3) is 0 Å². The van der Waals surface area contributed by atoms with Crippen LogP contribution in [0, 0.1) is 6.92 Å². The zero-order valence-electron chi connectivity index (χ0n) is 17.4. The molecular formula is C22H18F3N3O4S. The minimum absolute atomic E-state index is 0.0932. The number of halogens is 3. The first-order chi connectivity index (χ1) is 15.5. The Morgan fingerprint density at radius 1 is 1.00 bits per heavy atom. The Hall–Kier alpha value is -3.73. The molecule has 0 saturated carbocycles. The fourth-order valence-corrected chi connectivity index (χ4v) is 3.91. The zero-order chi connectivity index (χ0) is 23.8. The van der Waals surface area contributed by atoms with E-state index in [1.807, 2.05) is 6.92 Å². The third-order valence-corrected chi connectivity index (χ3v) is 5.96. The topological polar surface area (TPSA) is 89.0 Å². The lowest BCUT2D eigenvalue weighted by molar-refractivity contribution is -0.274. The Labute approximate surface area is 187 Å². The largest absolute Gasteiger partial charge is 0.573 e. The van der Waals surface area contributed by atoms with Gasteiger partial charge in [0.25, 0.3) is 10.0 Å². The number of hydrogen-bond donors (Lipinski definition) is 2. The van der Waals surface area contributed by atoms with Crippen molar-refractivity contribution in [3.63, 3.8) is 0 Å². The number of nitrogens with one attached hydrogen (secondary N) is 2. The zero-order valence-corrected chi connectivity index (χ0v) is 18.2. The van der Waals surface area contributed by atoms with Gasteiger partial charge in [0.2, 0.25) is 0 Å². The minimum Gasteiger partial charge on any atom is -0.453 e. The molecule has 0 aliphatic carbocycles. The van der Waals surface area contributed by atoms with Crippen LogP contribution in [0.3, 0.4) is 0 Å². The van der Waals surface area contributed by atoms with Crippen LogP contribution < -0.4 is 19.6 Å². The summed E-state index contributed by atoms with van der Waals surface area (Å²) < 4.78 is 71.8. The number of ether oxygens (including phenoxy) is 2. The van der Waals surface area contributed by atoms with E-state index < -0.39 is 22.1 Å². The molecule has 0 aromatic heterocycles. The molecule has 4 rings (SSSR count). The highest BCUT2D eigenvalue weighted by atomic mass is 32.2. The van der Waals surface area contributed by atoms with E-state index in [0.29, 0.717) is 28.4 Å². The lowest BCUT2D eigenvalue weighted by Crippen LogP contribution is -2.20. The molecule has 172 valence electrons. The van der Waals surface area contributed by atoms with Gasteiger partial charge in [0, 0.05) is 6.07 Å².